The van der Waals surface area contributed by atoms with Crippen molar-refractivity contribution in [1.29, 1.82) is 0 Å². The number of aliphatic hydroxyl groups excluding tert-OH is 1. The highest BCUT2D eigenvalue weighted by atomic mass is 16.5. The lowest BCUT2D eigenvalue weighted by Crippen LogP contribution is -2.44. The van der Waals surface area contributed by atoms with E-state index in [1.807, 2.05) is 6.92 Å². The Hall–Kier alpha value is -2.36. The Morgan fingerprint density at radius 1 is 1.33 bits per heavy atom. The smallest absolute Gasteiger partial charge is 0.219 e. The Bertz CT molecular complexity index is 831. The molecule has 4 heterocycles. The second kappa shape index (κ2) is 6.99. The van der Waals surface area contributed by atoms with Crippen LogP contribution in [0.15, 0.2) is 12.4 Å². The van der Waals surface area contributed by atoms with Gasteiger partial charge in [-0.3, -0.25) is 0 Å². The highest BCUT2D eigenvalue weighted by Gasteiger charge is 2.41. The van der Waals surface area contributed by atoms with E-state index in [-0.39, 0.29) is 18.6 Å². The lowest BCUT2D eigenvalue weighted by Gasteiger charge is -2.35. The summed E-state index contributed by atoms with van der Waals surface area (Å²) in [7, 11) is 0. The maximum absolute atomic E-state index is 9.51. The van der Waals surface area contributed by atoms with Crippen LogP contribution in [-0.2, 0) is 21.7 Å². The minimum atomic E-state index is -0.652. The summed E-state index contributed by atoms with van der Waals surface area (Å²) in [5.74, 6) is 1.58. The standard InChI is InChI=1S/C18H24N6O3/c1-11-9-26-6-4-24(11)16-13-10-27-18(2,3-5-25)14(13)22-15(23-16)12-7-20-17(19)21-8-12/h7-8,11,25H,3-6,9-10H2,1-2H3,(H2,19,20,21)/t11-,18?/m0/s1. The van der Waals surface area contributed by atoms with Gasteiger partial charge in [-0.25, -0.2) is 19.9 Å². The quantitative estimate of drug-likeness (QED) is 0.805. The molecule has 2 aliphatic heterocycles. The average Bonchev–Trinajstić information content (AvgIpc) is 2.99. The molecule has 144 valence electrons. The first kappa shape index (κ1) is 18.0. The molecule has 2 aromatic rings. The topological polar surface area (TPSA) is 120 Å². The average molecular weight is 372 g/mol. The van der Waals surface area contributed by atoms with Crippen LogP contribution < -0.4 is 10.6 Å². The molecule has 1 unspecified atom stereocenters. The summed E-state index contributed by atoms with van der Waals surface area (Å²) in [5.41, 5.74) is 7.43. The fourth-order valence-corrected chi connectivity index (χ4v) is 3.61. The number of aromatic nitrogens is 4. The normalized spacial score (nSPS) is 24.9. The van der Waals surface area contributed by atoms with E-state index in [2.05, 4.69) is 21.8 Å². The van der Waals surface area contributed by atoms with Crippen LogP contribution in [0.5, 0.6) is 0 Å². The maximum Gasteiger partial charge on any atom is 0.219 e. The van der Waals surface area contributed by atoms with Crippen molar-refractivity contribution in [3.63, 3.8) is 0 Å². The lowest BCUT2D eigenvalue weighted by atomic mass is 9.96. The maximum atomic E-state index is 9.51. The van der Waals surface area contributed by atoms with Gasteiger partial charge in [-0.2, -0.15) is 0 Å². The second-order valence-corrected chi connectivity index (χ2v) is 7.14. The van der Waals surface area contributed by atoms with Gasteiger partial charge < -0.3 is 25.2 Å². The molecule has 27 heavy (non-hydrogen) atoms. The van der Waals surface area contributed by atoms with Gasteiger partial charge in [0.25, 0.3) is 0 Å². The third kappa shape index (κ3) is 3.22. The van der Waals surface area contributed by atoms with Crippen LogP contribution in [0.2, 0.25) is 0 Å². The largest absolute Gasteiger partial charge is 0.396 e. The Labute approximate surface area is 157 Å². The number of anilines is 2. The number of nitrogens with zero attached hydrogens (tertiary/aromatic N) is 5. The van der Waals surface area contributed by atoms with Crippen LogP contribution in [-0.4, -0.2) is 57.4 Å². The van der Waals surface area contributed by atoms with Crippen molar-refractivity contribution in [2.75, 3.05) is 37.0 Å². The molecule has 9 nitrogen and oxygen atoms in total. The Morgan fingerprint density at radius 3 is 2.81 bits per heavy atom. The molecule has 0 spiro atoms. The third-order valence-corrected chi connectivity index (χ3v) is 5.18. The fourth-order valence-electron chi connectivity index (χ4n) is 3.61. The molecule has 0 bridgehead atoms. The first-order valence-corrected chi connectivity index (χ1v) is 9.10. The van der Waals surface area contributed by atoms with E-state index < -0.39 is 5.60 Å². The summed E-state index contributed by atoms with van der Waals surface area (Å²) in [6, 6.07) is 0.193. The molecule has 0 radical (unpaired) electrons. The summed E-state index contributed by atoms with van der Waals surface area (Å²) < 4.78 is 11.6. The van der Waals surface area contributed by atoms with Gasteiger partial charge >= 0.3 is 0 Å². The van der Waals surface area contributed by atoms with Crippen LogP contribution in [0.3, 0.4) is 0 Å². The third-order valence-electron chi connectivity index (χ3n) is 5.18. The van der Waals surface area contributed by atoms with E-state index in [9.17, 15) is 5.11 Å². The first-order chi connectivity index (χ1) is 13.0. The Morgan fingerprint density at radius 2 is 2.11 bits per heavy atom. The van der Waals surface area contributed by atoms with Crippen molar-refractivity contribution in [3.05, 3.63) is 23.7 Å². The molecule has 9 heteroatoms. The lowest BCUT2D eigenvalue weighted by molar-refractivity contribution is -0.0410. The molecule has 0 saturated carbocycles. The number of rotatable bonds is 4. The van der Waals surface area contributed by atoms with Crippen molar-refractivity contribution in [1.82, 2.24) is 19.9 Å². The Balaban J connectivity index is 1.86. The molecule has 0 amide bonds. The van der Waals surface area contributed by atoms with Crippen molar-refractivity contribution >= 4 is 11.8 Å². The minimum Gasteiger partial charge on any atom is -0.396 e. The number of nitrogens with two attached hydrogens (primary N) is 1. The molecular formula is C18H24N6O3. The minimum absolute atomic E-state index is 0.0174. The van der Waals surface area contributed by atoms with E-state index in [4.69, 9.17) is 25.2 Å². The van der Waals surface area contributed by atoms with Gasteiger partial charge in [0.05, 0.1) is 37.1 Å². The van der Waals surface area contributed by atoms with Gasteiger partial charge in [-0.15, -0.1) is 0 Å². The van der Waals surface area contributed by atoms with E-state index in [1.54, 1.807) is 12.4 Å². The molecule has 3 N–H and O–H groups in total. The zero-order chi connectivity index (χ0) is 19.0. The van der Waals surface area contributed by atoms with Crippen LogP contribution in [0.25, 0.3) is 11.4 Å². The zero-order valence-corrected chi connectivity index (χ0v) is 15.6. The molecule has 2 aromatic heterocycles. The van der Waals surface area contributed by atoms with Gasteiger partial charge in [0.15, 0.2) is 5.82 Å². The molecule has 1 saturated heterocycles. The van der Waals surface area contributed by atoms with E-state index in [0.717, 1.165) is 23.6 Å². The van der Waals surface area contributed by atoms with Crippen LogP contribution in [0.1, 0.15) is 31.5 Å². The monoisotopic (exact) mass is 372 g/mol. The van der Waals surface area contributed by atoms with E-state index in [1.165, 1.54) is 0 Å². The second-order valence-electron chi connectivity index (χ2n) is 7.14. The van der Waals surface area contributed by atoms with Crippen LogP contribution in [0, 0.1) is 0 Å². The number of hydrogen-bond acceptors (Lipinski definition) is 9. The summed E-state index contributed by atoms with van der Waals surface area (Å²) in [6.45, 7) is 6.55. The molecule has 0 aliphatic carbocycles. The first-order valence-electron chi connectivity index (χ1n) is 9.10. The van der Waals surface area contributed by atoms with Gasteiger partial charge in [0.2, 0.25) is 5.95 Å². The van der Waals surface area contributed by atoms with E-state index in [0.29, 0.717) is 37.6 Å². The van der Waals surface area contributed by atoms with E-state index >= 15 is 0 Å². The van der Waals surface area contributed by atoms with Crippen LogP contribution in [0.4, 0.5) is 11.8 Å². The summed E-state index contributed by atoms with van der Waals surface area (Å²) in [4.78, 5) is 20.0. The highest BCUT2D eigenvalue weighted by molar-refractivity contribution is 5.61. The van der Waals surface area contributed by atoms with Gasteiger partial charge in [0, 0.05) is 37.5 Å². The molecule has 4 rings (SSSR count). The van der Waals surface area contributed by atoms with Crippen molar-refractivity contribution < 1.29 is 14.6 Å². The van der Waals surface area contributed by atoms with Crippen LogP contribution >= 0.6 is 0 Å². The number of aliphatic hydroxyl groups is 1. The number of nitrogen functional groups attached to an aromatic ring is 1. The number of hydrogen-bond donors (Lipinski definition) is 2. The zero-order valence-electron chi connectivity index (χ0n) is 15.6. The number of fused-ring (bicyclic) bond motifs is 1. The van der Waals surface area contributed by atoms with Gasteiger partial charge in [-0.1, -0.05) is 0 Å². The Kier molecular flexibility index (Phi) is 4.67. The van der Waals surface area contributed by atoms with Gasteiger partial charge in [0.1, 0.15) is 11.4 Å². The molecule has 2 aliphatic rings. The number of ether oxygens (including phenoxy) is 2. The molecular weight excluding hydrogens is 348 g/mol. The van der Waals surface area contributed by atoms with Gasteiger partial charge in [-0.05, 0) is 13.8 Å². The predicted molar refractivity (Wildman–Crippen MR) is 98.9 cm³/mol. The summed E-state index contributed by atoms with van der Waals surface area (Å²) >= 11 is 0. The summed E-state index contributed by atoms with van der Waals surface area (Å²) in [6.07, 6.45) is 3.71. The van der Waals surface area contributed by atoms with Crippen molar-refractivity contribution in [2.45, 2.75) is 38.5 Å². The molecule has 2 atom stereocenters. The highest BCUT2D eigenvalue weighted by Crippen LogP contribution is 2.42. The molecule has 0 aromatic carbocycles. The summed E-state index contributed by atoms with van der Waals surface area (Å²) in [5, 5.41) is 9.51. The van der Waals surface area contributed by atoms with Crippen molar-refractivity contribution in [2.24, 2.45) is 0 Å². The molecule has 1 fully saturated rings. The fraction of sp³-hybridized carbons (Fsp3) is 0.556. The number of morpholine rings is 1. The SMILES string of the molecule is C[C@H]1COCCN1c1nc(-c2cnc(N)nc2)nc2c1COC2(C)CCO. The van der Waals surface area contributed by atoms with Crippen molar-refractivity contribution in [3.8, 4) is 11.4 Å². The predicted octanol–water partition coefficient (Wildman–Crippen LogP) is 0.869.